The Labute approximate surface area is 246 Å². The number of fused-ring (bicyclic) bond motifs is 1. The van der Waals surface area contributed by atoms with E-state index in [4.69, 9.17) is 9.73 Å². The van der Waals surface area contributed by atoms with E-state index in [-0.39, 0.29) is 11.9 Å². The number of hydrogen-bond donors (Lipinski definition) is 0. The van der Waals surface area contributed by atoms with Crippen molar-refractivity contribution in [3.05, 3.63) is 101 Å². The summed E-state index contributed by atoms with van der Waals surface area (Å²) in [6.07, 6.45) is 8.60. The maximum atomic E-state index is 13.8. The Kier molecular flexibility index (Phi) is 8.02. The van der Waals surface area contributed by atoms with Crippen molar-refractivity contribution in [1.29, 1.82) is 0 Å². The Morgan fingerprint density at radius 3 is 2.56 bits per heavy atom. The van der Waals surface area contributed by atoms with E-state index in [2.05, 4.69) is 80.1 Å². The molecule has 2 fully saturated rings. The number of aryl methyl sites for hydroxylation is 1. The summed E-state index contributed by atoms with van der Waals surface area (Å²) in [4.78, 5) is 21.4. The molecule has 6 rings (SSSR count). The second kappa shape index (κ2) is 12.0. The topological polar surface area (TPSA) is 46.8 Å². The van der Waals surface area contributed by atoms with E-state index in [0.717, 1.165) is 63.7 Å². The minimum Gasteiger partial charge on any atom is -0.491 e. The molecule has 0 bridgehead atoms. The van der Waals surface area contributed by atoms with Gasteiger partial charge in [-0.2, -0.15) is 0 Å². The number of aromatic nitrogens is 1. The van der Waals surface area contributed by atoms with Crippen LogP contribution in [0, 0.1) is 6.92 Å². The molecule has 0 unspecified atom stereocenters. The number of rotatable bonds is 8. The standard InChI is InChI=1S/C35H37N3O2S/c1-24(2)29-18-17-25(3)21-32(29)40-20-19-37-23-26(30-15-9-10-16-31(30)37)22-33-34(39)38(28-13-7-8-14-28)35(41-33)36-27-11-5-4-6-12-27/h4-6,9-12,15-18,21-24,28H,7-8,13-14,19-20H2,1-3H3. The van der Waals surface area contributed by atoms with Crippen LogP contribution in [-0.4, -0.2) is 33.2 Å². The zero-order chi connectivity index (χ0) is 28.3. The van der Waals surface area contributed by atoms with Crippen molar-refractivity contribution in [3.8, 4) is 5.75 Å². The molecular weight excluding hydrogens is 526 g/mol. The number of amidine groups is 1. The molecule has 2 aliphatic rings. The third-order valence-corrected chi connectivity index (χ3v) is 8.98. The van der Waals surface area contributed by atoms with E-state index in [0.29, 0.717) is 19.1 Å². The van der Waals surface area contributed by atoms with Gasteiger partial charge in [0.05, 0.1) is 17.1 Å². The highest BCUT2D eigenvalue weighted by Crippen LogP contribution is 2.40. The zero-order valence-corrected chi connectivity index (χ0v) is 24.9. The molecule has 1 aromatic heterocycles. The first kappa shape index (κ1) is 27.4. The van der Waals surface area contributed by atoms with Crippen molar-refractivity contribution in [2.45, 2.75) is 65.0 Å². The average molecular weight is 564 g/mol. The Bertz CT molecular complexity index is 1610. The van der Waals surface area contributed by atoms with Crippen molar-refractivity contribution in [2.75, 3.05) is 6.61 Å². The minimum absolute atomic E-state index is 0.0670. The number of aliphatic imine (C=N–C) groups is 1. The summed E-state index contributed by atoms with van der Waals surface area (Å²) >= 11 is 1.50. The smallest absolute Gasteiger partial charge is 0.267 e. The van der Waals surface area contributed by atoms with Crippen LogP contribution in [0.5, 0.6) is 5.75 Å². The molecule has 1 aliphatic heterocycles. The van der Waals surface area contributed by atoms with E-state index in [1.807, 2.05) is 35.2 Å². The third kappa shape index (κ3) is 5.84. The lowest BCUT2D eigenvalue weighted by atomic mass is 10.0. The van der Waals surface area contributed by atoms with Crippen molar-refractivity contribution in [3.63, 3.8) is 0 Å². The number of hydrogen-bond acceptors (Lipinski definition) is 4. The van der Waals surface area contributed by atoms with Crippen molar-refractivity contribution in [1.82, 2.24) is 9.47 Å². The number of para-hydroxylation sites is 2. The van der Waals surface area contributed by atoms with Gasteiger partial charge in [-0.05, 0) is 78.9 Å². The quantitative estimate of drug-likeness (QED) is 0.202. The van der Waals surface area contributed by atoms with Crippen LogP contribution in [0.1, 0.15) is 62.1 Å². The van der Waals surface area contributed by atoms with Crippen LogP contribution >= 0.6 is 11.8 Å². The summed E-state index contributed by atoms with van der Waals surface area (Å²) in [7, 11) is 0. The third-order valence-electron chi connectivity index (χ3n) is 7.99. The zero-order valence-electron chi connectivity index (χ0n) is 24.0. The molecular formula is C35H37N3O2S. The minimum atomic E-state index is 0.0670. The molecule has 1 amide bonds. The van der Waals surface area contributed by atoms with Gasteiger partial charge in [0.25, 0.3) is 5.91 Å². The van der Waals surface area contributed by atoms with E-state index < -0.39 is 0 Å². The van der Waals surface area contributed by atoms with Gasteiger partial charge >= 0.3 is 0 Å². The molecule has 5 nitrogen and oxygen atoms in total. The van der Waals surface area contributed by atoms with Crippen LogP contribution in [0.25, 0.3) is 17.0 Å². The normalized spacial score (nSPS) is 18.0. The molecule has 0 spiro atoms. The molecule has 2 heterocycles. The number of thioether (sulfide) groups is 1. The predicted octanol–water partition coefficient (Wildman–Crippen LogP) is 8.70. The second-order valence-corrected chi connectivity index (χ2v) is 12.3. The van der Waals surface area contributed by atoms with Gasteiger partial charge in [-0.3, -0.25) is 9.69 Å². The lowest BCUT2D eigenvalue weighted by Crippen LogP contribution is -2.37. The largest absolute Gasteiger partial charge is 0.491 e. The molecule has 6 heteroatoms. The number of carbonyl (C=O) groups excluding carboxylic acids is 1. The van der Waals surface area contributed by atoms with Crippen LogP contribution in [0.3, 0.4) is 0 Å². The van der Waals surface area contributed by atoms with Crippen molar-refractivity contribution < 1.29 is 9.53 Å². The van der Waals surface area contributed by atoms with Crippen LogP contribution in [0.2, 0.25) is 0 Å². The molecule has 0 atom stereocenters. The average Bonchev–Trinajstić information content (AvgIpc) is 3.68. The molecule has 3 aromatic carbocycles. The SMILES string of the molecule is Cc1ccc(C(C)C)c(OCCn2cc(C=C3SC(=Nc4ccccc4)N(C4CCCC4)C3=O)c3ccccc32)c1. The van der Waals surface area contributed by atoms with Gasteiger partial charge in [0.2, 0.25) is 0 Å². The summed E-state index contributed by atoms with van der Waals surface area (Å²) in [6, 6.07) is 25.0. The van der Waals surface area contributed by atoms with Crippen LogP contribution in [0.15, 0.2) is 88.9 Å². The molecule has 1 aliphatic carbocycles. The van der Waals surface area contributed by atoms with Crippen LogP contribution in [-0.2, 0) is 11.3 Å². The van der Waals surface area contributed by atoms with Gasteiger partial charge in [-0.1, -0.05) is 75.2 Å². The number of ether oxygens (including phenoxy) is 1. The first-order chi connectivity index (χ1) is 20.0. The van der Waals surface area contributed by atoms with Gasteiger partial charge in [0.1, 0.15) is 12.4 Å². The Morgan fingerprint density at radius 2 is 1.78 bits per heavy atom. The predicted molar refractivity (Wildman–Crippen MR) is 171 cm³/mol. The monoisotopic (exact) mass is 563 g/mol. The summed E-state index contributed by atoms with van der Waals surface area (Å²) in [5.41, 5.74) is 5.48. The second-order valence-electron chi connectivity index (χ2n) is 11.3. The number of benzene rings is 3. The first-order valence-electron chi connectivity index (χ1n) is 14.7. The lowest BCUT2D eigenvalue weighted by Gasteiger charge is -2.22. The van der Waals surface area contributed by atoms with E-state index in [1.54, 1.807) is 0 Å². The number of nitrogens with zero attached hydrogens (tertiary/aromatic N) is 3. The Hall–Kier alpha value is -3.77. The molecule has 0 N–H and O–H groups in total. The van der Waals surface area contributed by atoms with E-state index in [9.17, 15) is 4.79 Å². The van der Waals surface area contributed by atoms with Gasteiger partial charge < -0.3 is 9.30 Å². The first-order valence-corrected chi connectivity index (χ1v) is 15.5. The highest BCUT2D eigenvalue weighted by Gasteiger charge is 2.39. The molecule has 41 heavy (non-hydrogen) atoms. The van der Waals surface area contributed by atoms with Crippen LogP contribution < -0.4 is 4.74 Å². The fourth-order valence-corrected chi connectivity index (χ4v) is 6.93. The molecule has 1 saturated carbocycles. The van der Waals surface area contributed by atoms with Gasteiger partial charge in [-0.15, -0.1) is 0 Å². The maximum absolute atomic E-state index is 13.8. The van der Waals surface area contributed by atoms with Gasteiger partial charge in [0.15, 0.2) is 5.17 Å². The lowest BCUT2D eigenvalue weighted by molar-refractivity contribution is -0.123. The number of carbonyl (C=O) groups is 1. The van der Waals surface area contributed by atoms with Crippen molar-refractivity contribution >= 4 is 45.5 Å². The molecule has 1 saturated heterocycles. The summed E-state index contributed by atoms with van der Waals surface area (Å²) in [6.45, 7) is 7.77. The van der Waals surface area contributed by atoms with Crippen molar-refractivity contribution in [2.24, 2.45) is 4.99 Å². The Balaban J connectivity index is 1.28. The molecule has 0 radical (unpaired) electrons. The van der Waals surface area contributed by atoms with E-state index in [1.165, 1.54) is 22.9 Å². The van der Waals surface area contributed by atoms with E-state index >= 15 is 0 Å². The molecule has 210 valence electrons. The van der Waals surface area contributed by atoms with Gasteiger partial charge in [-0.25, -0.2) is 4.99 Å². The fraction of sp³-hybridized carbons (Fsp3) is 0.314. The van der Waals surface area contributed by atoms with Gasteiger partial charge in [0, 0.05) is 28.7 Å². The fourth-order valence-electron chi connectivity index (χ4n) is 5.88. The Morgan fingerprint density at radius 1 is 1.02 bits per heavy atom. The number of amides is 1. The highest BCUT2D eigenvalue weighted by molar-refractivity contribution is 8.18. The summed E-state index contributed by atoms with van der Waals surface area (Å²) in [5, 5.41) is 1.92. The maximum Gasteiger partial charge on any atom is 0.267 e. The summed E-state index contributed by atoms with van der Waals surface area (Å²) in [5.74, 6) is 1.43. The highest BCUT2D eigenvalue weighted by atomic mass is 32.2. The van der Waals surface area contributed by atoms with Crippen LogP contribution in [0.4, 0.5) is 5.69 Å². The molecule has 4 aromatic rings. The summed E-state index contributed by atoms with van der Waals surface area (Å²) < 4.78 is 8.56.